The minimum Gasteiger partial charge on any atom is -0.349 e. The Morgan fingerprint density at radius 2 is 1.74 bits per heavy atom. The molecule has 1 amide bonds. The molecule has 0 spiro atoms. The predicted octanol–water partition coefficient (Wildman–Crippen LogP) is 4.55. The number of amides is 1. The van der Waals surface area contributed by atoms with Gasteiger partial charge in [0.15, 0.2) is 0 Å². The molecule has 23 heavy (non-hydrogen) atoms. The molecule has 0 saturated carbocycles. The van der Waals surface area contributed by atoms with Gasteiger partial charge in [-0.15, -0.1) is 11.8 Å². The number of halogens is 1. The normalized spacial score (nSPS) is 12.0. The molecule has 0 bridgehead atoms. The Morgan fingerprint density at radius 3 is 2.35 bits per heavy atom. The van der Waals surface area contributed by atoms with Crippen molar-refractivity contribution in [3.63, 3.8) is 0 Å². The molecule has 1 atom stereocenters. The highest BCUT2D eigenvalue weighted by Gasteiger charge is 2.09. The first-order valence-electron chi connectivity index (χ1n) is 7.64. The zero-order valence-corrected chi connectivity index (χ0v) is 14.5. The van der Waals surface area contributed by atoms with E-state index in [4.69, 9.17) is 0 Å². The average molecular weight is 331 g/mol. The molecule has 0 aliphatic carbocycles. The molecule has 0 saturated heterocycles. The summed E-state index contributed by atoms with van der Waals surface area (Å²) in [6.45, 7) is 6.07. The van der Waals surface area contributed by atoms with Crippen molar-refractivity contribution in [1.82, 2.24) is 5.32 Å². The monoisotopic (exact) mass is 331 g/mol. The van der Waals surface area contributed by atoms with E-state index in [2.05, 4.69) is 37.4 Å². The predicted molar refractivity (Wildman–Crippen MR) is 95.0 cm³/mol. The first-order chi connectivity index (χ1) is 10.9. The molecule has 0 aliphatic heterocycles. The second kappa shape index (κ2) is 8.16. The van der Waals surface area contributed by atoms with Gasteiger partial charge >= 0.3 is 0 Å². The lowest BCUT2D eigenvalue weighted by molar-refractivity contribution is -0.119. The third-order valence-electron chi connectivity index (χ3n) is 3.53. The van der Waals surface area contributed by atoms with Crippen LogP contribution in [0, 0.1) is 19.7 Å². The quantitative estimate of drug-likeness (QED) is 0.841. The van der Waals surface area contributed by atoms with E-state index < -0.39 is 0 Å². The summed E-state index contributed by atoms with van der Waals surface area (Å²) in [5.41, 5.74) is 4.64. The number of hydrogen-bond acceptors (Lipinski definition) is 2. The average Bonchev–Trinajstić information content (AvgIpc) is 2.46. The van der Waals surface area contributed by atoms with E-state index in [9.17, 15) is 9.18 Å². The van der Waals surface area contributed by atoms with Gasteiger partial charge in [0, 0.05) is 5.75 Å². The van der Waals surface area contributed by atoms with Crippen molar-refractivity contribution in [3.05, 3.63) is 70.5 Å². The van der Waals surface area contributed by atoms with Crippen LogP contribution in [0.15, 0.2) is 42.5 Å². The van der Waals surface area contributed by atoms with Crippen molar-refractivity contribution >= 4 is 17.7 Å². The number of rotatable bonds is 6. The second-order valence-electron chi connectivity index (χ2n) is 5.83. The zero-order chi connectivity index (χ0) is 16.8. The van der Waals surface area contributed by atoms with Crippen LogP contribution in [0.3, 0.4) is 0 Å². The summed E-state index contributed by atoms with van der Waals surface area (Å²) < 4.78 is 12.9. The number of benzene rings is 2. The topological polar surface area (TPSA) is 29.1 Å². The summed E-state index contributed by atoms with van der Waals surface area (Å²) in [5, 5.41) is 2.94. The van der Waals surface area contributed by atoms with Crippen LogP contribution in [0.4, 0.5) is 4.39 Å². The van der Waals surface area contributed by atoms with Gasteiger partial charge in [0.2, 0.25) is 5.91 Å². The summed E-state index contributed by atoms with van der Waals surface area (Å²) in [5.74, 6) is 0.965. The van der Waals surface area contributed by atoms with Crippen LogP contribution < -0.4 is 5.32 Å². The van der Waals surface area contributed by atoms with Crippen LogP contribution in [0.25, 0.3) is 0 Å². The van der Waals surface area contributed by atoms with Crippen LogP contribution in [-0.4, -0.2) is 11.7 Å². The molecule has 1 N–H and O–H groups in total. The Labute approximate surface area is 141 Å². The van der Waals surface area contributed by atoms with Gasteiger partial charge in [-0.05, 0) is 44.0 Å². The zero-order valence-electron chi connectivity index (χ0n) is 13.7. The molecule has 122 valence electrons. The third-order valence-corrected chi connectivity index (χ3v) is 4.53. The SMILES string of the molecule is Cc1cc(C)cc(CSCC(=O)NC(C)c2ccc(F)cc2)c1. The highest BCUT2D eigenvalue weighted by Crippen LogP contribution is 2.17. The van der Waals surface area contributed by atoms with Gasteiger partial charge < -0.3 is 5.32 Å². The maximum absolute atomic E-state index is 12.9. The van der Waals surface area contributed by atoms with Gasteiger partial charge in [-0.2, -0.15) is 0 Å². The van der Waals surface area contributed by atoms with Gasteiger partial charge in [-0.3, -0.25) is 4.79 Å². The maximum atomic E-state index is 12.9. The lowest BCUT2D eigenvalue weighted by atomic mass is 10.1. The van der Waals surface area contributed by atoms with Crippen molar-refractivity contribution < 1.29 is 9.18 Å². The fraction of sp³-hybridized carbons (Fsp3) is 0.316. The highest BCUT2D eigenvalue weighted by molar-refractivity contribution is 7.99. The second-order valence-corrected chi connectivity index (χ2v) is 6.82. The standard InChI is InChI=1S/C19H22FNOS/c1-13-8-14(2)10-16(9-13)11-23-12-19(22)21-15(3)17-4-6-18(20)7-5-17/h4-10,15H,11-12H2,1-3H3,(H,21,22). The molecule has 2 rings (SSSR count). The van der Waals surface area contributed by atoms with E-state index in [0.29, 0.717) is 5.75 Å². The minimum atomic E-state index is -0.267. The smallest absolute Gasteiger partial charge is 0.230 e. The molecule has 1 unspecified atom stereocenters. The Hall–Kier alpha value is -1.81. The van der Waals surface area contributed by atoms with Crippen molar-refractivity contribution in [1.29, 1.82) is 0 Å². The maximum Gasteiger partial charge on any atom is 0.230 e. The van der Waals surface area contributed by atoms with Crippen LogP contribution in [0.1, 0.15) is 35.2 Å². The lowest BCUT2D eigenvalue weighted by Gasteiger charge is -2.14. The summed E-state index contributed by atoms with van der Waals surface area (Å²) in [7, 11) is 0. The molecule has 2 aromatic rings. The third kappa shape index (κ3) is 5.71. The Kier molecular flexibility index (Phi) is 6.22. The summed E-state index contributed by atoms with van der Waals surface area (Å²) in [4.78, 5) is 12.0. The Morgan fingerprint density at radius 1 is 1.13 bits per heavy atom. The molecule has 2 nitrogen and oxygen atoms in total. The van der Waals surface area contributed by atoms with E-state index in [1.54, 1.807) is 23.9 Å². The van der Waals surface area contributed by atoms with E-state index in [-0.39, 0.29) is 17.8 Å². The van der Waals surface area contributed by atoms with Gasteiger partial charge in [0.1, 0.15) is 5.82 Å². The molecule has 4 heteroatoms. The van der Waals surface area contributed by atoms with Gasteiger partial charge in [-0.25, -0.2) is 4.39 Å². The molecule has 0 aromatic heterocycles. The first-order valence-corrected chi connectivity index (χ1v) is 8.79. The van der Waals surface area contributed by atoms with E-state index >= 15 is 0 Å². The fourth-order valence-electron chi connectivity index (χ4n) is 2.53. The molecule has 0 fully saturated rings. The molecular weight excluding hydrogens is 309 g/mol. The van der Waals surface area contributed by atoms with Crippen LogP contribution >= 0.6 is 11.8 Å². The molecule has 0 aliphatic rings. The molecular formula is C19H22FNOS. The van der Waals surface area contributed by atoms with Crippen molar-refractivity contribution in [2.24, 2.45) is 0 Å². The lowest BCUT2D eigenvalue weighted by Crippen LogP contribution is -2.28. The van der Waals surface area contributed by atoms with E-state index in [1.165, 1.54) is 28.8 Å². The number of aryl methyl sites for hydroxylation is 2. The van der Waals surface area contributed by atoms with Gasteiger partial charge in [-0.1, -0.05) is 41.5 Å². The number of hydrogen-bond donors (Lipinski definition) is 1. The van der Waals surface area contributed by atoms with Crippen LogP contribution in [-0.2, 0) is 10.5 Å². The van der Waals surface area contributed by atoms with Crippen molar-refractivity contribution in [3.8, 4) is 0 Å². The number of carbonyl (C=O) groups is 1. The number of nitrogens with one attached hydrogen (secondary N) is 1. The summed E-state index contributed by atoms with van der Waals surface area (Å²) >= 11 is 1.60. The minimum absolute atomic E-state index is 0.00352. The number of carbonyl (C=O) groups excluding carboxylic acids is 1. The van der Waals surface area contributed by atoms with Gasteiger partial charge in [0.25, 0.3) is 0 Å². The Balaban J connectivity index is 1.79. The van der Waals surface area contributed by atoms with E-state index in [0.717, 1.165) is 11.3 Å². The molecule has 2 aromatic carbocycles. The summed E-state index contributed by atoms with van der Waals surface area (Å²) in [6, 6.07) is 12.5. The Bertz CT molecular complexity index is 649. The largest absolute Gasteiger partial charge is 0.349 e. The highest BCUT2D eigenvalue weighted by atomic mass is 32.2. The van der Waals surface area contributed by atoms with Crippen molar-refractivity contribution in [2.75, 3.05) is 5.75 Å². The van der Waals surface area contributed by atoms with Crippen molar-refractivity contribution in [2.45, 2.75) is 32.6 Å². The van der Waals surface area contributed by atoms with E-state index in [1.807, 2.05) is 6.92 Å². The first kappa shape index (κ1) is 17.5. The molecule has 0 radical (unpaired) electrons. The fourth-order valence-corrected chi connectivity index (χ4v) is 3.30. The molecule has 0 heterocycles. The van der Waals surface area contributed by atoms with Crippen LogP contribution in [0.2, 0.25) is 0 Å². The van der Waals surface area contributed by atoms with Crippen LogP contribution in [0.5, 0.6) is 0 Å². The van der Waals surface area contributed by atoms with Gasteiger partial charge in [0.05, 0.1) is 11.8 Å². The summed E-state index contributed by atoms with van der Waals surface area (Å²) in [6.07, 6.45) is 0. The number of thioether (sulfide) groups is 1.